The molecule has 5 heteroatoms. The van der Waals surface area contributed by atoms with E-state index in [1.54, 1.807) is 6.20 Å². The van der Waals surface area contributed by atoms with E-state index in [9.17, 15) is 0 Å². The zero-order valence-electron chi connectivity index (χ0n) is 10.0. The van der Waals surface area contributed by atoms with Gasteiger partial charge in [-0.15, -0.1) is 0 Å². The van der Waals surface area contributed by atoms with Gasteiger partial charge in [0.2, 0.25) is 0 Å². The minimum absolute atomic E-state index is 0.518. The zero-order chi connectivity index (χ0) is 12.4. The summed E-state index contributed by atoms with van der Waals surface area (Å²) in [5, 5.41) is 0. The molecule has 2 aromatic rings. The van der Waals surface area contributed by atoms with Gasteiger partial charge in [-0.1, -0.05) is 6.07 Å². The van der Waals surface area contributed by atoms with E-state index < -0.39 is 0 Å². The van der Waals surface area contributed by atoms with Crippen molar-refractivity contribution < 1.29 is 0 Å². The van der Waals surface area contributed by atoms with Crippen LogP contribution >= 0.6 is 0 Å². The highest BCUT2D eigenvalue weighted by molar-refractivity contribution is 5.47. The molecule has 0 spiro atoms. The Hall–Kier alpha value is -2.17. The molecular weight excluding hydrogens is 226 g/mol. The maximum Gasteiger partial charge on any atom is 0.134 e. The molecule has 1 aliphatic rings. The zero-order valence-corrected chi connectivity index (χ0v) is 10.0. The Balaban J connectivity index is 1.76. The third kappa shape index (κ3) is 2.11. The van der Waals surface area contributed by atoms with E-state index >= 15 is 0 Å². The van der Waals surface area contributed by atoms with Crippen molar-refractivity contribution in [2.45, 2.75) is 12.3 Å². The number of nitrogens with zero attached hydrogens (tertiary/aromatic N) is 4. The van der Waals surface area contributed by atoms with E-state index in [0.717, 1.165) is 25.3 Å². The summed E-state index contributed by atoms with van der Waals surface area (Å²) in [6.07, 6.45) is 6.39. The summed E-state index contributed by atoms with van der Waals surface area (Å²) in [4.78, 5) is 14.6. The standard InChI is InChI=1S/C13H15N5/c14-12-6-13(17-9-16-12)18-5-3-11(8-18)10-2-1-4-15-7-10/h1-2,4,6-7,9,11H,3,5,8H2,(H2,14,16,17). The molecule has 1 saturated heterocycles. The first-order valence-corrected chi connectivity index (χ1v) is 6.05. The van der Waals surface area contributed by atoms with Crippen molar-refractivity contribution in [3.05, 3.63) is 42.5 Å². The summed E-state index contributed by atoms with van der Waals surface area (Å²) >= 11 is 0. The van der Waals surface area contributed by atoms with E-state index in [1.165, 1.54) is 11.9 Å². The molecule has 0 radical (unpaired) electrons. The molecule has 1 fully saturated rings. The number of nitrogen functional groups attached to an aromatic ring is 1. The van der Waals surface area contributed by atoms with Gasteiger partial charge < -0.3 is 10.6 Å². The number of anilines is 2. The molecule has 0 aromatic carbocycles. The SMILES string of the molecule is Nc1cc(N2CCC(c3cccnc3)C2)ncn1. The molecule has 0 bridgehead atoms. The second-order valence-corrected chi connectivity index (χ2v) is 4.52. The van der Waals surface area contributed by atoms with Gasteiger partial charge in [0.15, 0.2) is 0 Å². The van der Waals surface area contributed by atoms with E-state index in [0.29, 0.717) is 11.7 Å². The number of pyridine rings is 1. The van der Waals surface area contributed by atoms with Gasteiger partial charge in [-0.3, -0.25) is 4.98 Å². The predicted octanol–water partition coefficient (Wildman–Crippen LogP) is 1.45. The molecule has 2 N–H and O–H groups in total. The molecule has 5 nitrogen and oxygen atoms in total. The Kier molecular flexibility index (Phi) is 2.80. The summed E-state index contributed by atoms with van der Waals surface area (Å²) in [5.74, 6) is 1.95. The van der Waals surface area contributed by atoms with Crippen LogP contribution in [0.5, 0.6) is 0 Å². The second-order valence-electron chi connectivity index (χ2n) is 4.52. The van der Waals surface area contributed by atoms with Crippen LogP contribution in [-0.4, -0.2) is 28.0 Å². The van der Waals surface area contributed by atoms with E-state index in [-0.39, 0.29) is 0 Å². The topological polar surface area (TPSA) is 67.9 Å². The first-order valence-electron chi connectivity index (χ1n) is 6.05. The minimum atomic E-state index is 0.518. The average Bonchev–Trinajstić information content (AvgIpc) is 2.89. The molecule has 0 amide bonds. The molecule has 92 valence electrons. The first-order chi connectivity index (χ1) is 8.83. The fourth-order valence-corrected chi connectivity index (χ4v) is 2.39. The molecule has 0 saturated carbocycles. The van der Waals surface area contributed by atoms with E-state index in [4.69, 9.17) is 5.73 Å². The molecule has 1 unspecified atom stereocenters. The van der Waals surface area contributed by atoms with Crippen LogP contribution in [0.15, 0.2) is 36.9 Å². The Bertz CT molecular complexity index is 528. The van der Waals surface area contributed by atoms with E-state index in [2.05, 4.69) is 25.9 Å². The molecule has 3 heterocycles. The Morgan fingerprint density at radius 2 is 2.28 bits per heavy atom. The van der Waals surface area contributed by atoms with Gasteiger partial charge in [0, 0.05) is 37.5 Å². The van der Waals surface area contributed by atoms with Crippen molar-refractivity contribution in [1.82, 2.24) is 15.0 Å². The van der Waals surface area contributed by atoms with Crippen LogP contribution in [0.3, 0.4) is 0 Å². The van der Waals surface area contributed by atoms with Crippen LogP contribution in [-0.2, 0) is 0 Å². The smallest absolute Gasteiger partial charge is 0.134 e. The van der Waals surface area contributed by atoms with Crippen LogP contribution in [0.4, 0.5) is 11.6 Å². The molecule has 18 heavy (non-hydrogen) atoms. The van der Waals surface area contributed by atoms with Crippen LogP contribution in [0, 0.1) is 0 Å². The summed E-state index contributed by atoms with van der Waals surface area (Å²) in [6, 6.07) is 5.95. The lowest BCUT2D eigenvalue weighted by atomic mass is 10.0. The first kappa shape index (κ1) is 11.0. The van der Waals surface area contributed by atoms with Crippen molar-refractivity contribution in [2.24, 2.45) is 0 Å². The third-order valence-corrected chi connectivity index (χ3v) is 3.34. The number of aromatic nitrogens is 3. The molecule has 2 aromatic heterocycles. The van der Waals surface area contributed by atoms with Crippen LogP contribution in [0.25, 0.3) is 0 Å². The largest absolute Gasteiger partial charge is 0.384 e. The lowest BCUT2D eigenvalue weighted by Gasteiger charge is -2.17. The van der Waals surface area contributed by atoms with Crippen molar-refractivity contribution >= 4 is 11.6 Å². The third-order valence-electron chi connectivity index (χ3n) is 3.34. The van der Waals surface area contributed by atoms with Crippen molar-refractivity contribution in [3.8, 4) is 0 Å². The molecule has 1 atom stereocenters. The maximum atomic E-state index is 5.68. The molecule has 1 aliphatic heterocycles. The highest BCUT2D eigenvalue weighted by atomic mass is 15.2. The van der Waals surface area contributed by atoms with Crippen molar-refractivity contribution in [3.63, 3.8) is 0 Å². The number of hydrogen-bond donors (Lipinski definition) is 1. The quantitative estimate of drug-likeness (QED) is 0.861. The Labute approximate surface area is 106 Å². The fourth-order valence-electron chi connectivity index (χ4n) is 2.39. The number of nitrogens with two attached hydrogens (primary N) is 1. The summed E-state index contributed by atoms with van der Waals surface area (Å²) in [7, 11) is 0. The monoisotopic (exact) mass is 241 g/mol. The van der Waals surface area contributed by atoms with Crippen molar-refractivity contribution in [2.75, 3.05) is 23.7 Å². The molecule has 0 aliphatic carbocycles. The second kappa shape index (κ2) is 4.60. The van der Waals surface area contributed by atoms with Crippen LogP contribution in [0.2, 0.25) is 0 Å². The lowest BCUT2D eigenvalue weighted by molar-refractivity contribution is 0.769. The fraction of sp³-hybridized carbons (Fsp3) is 0.308. The Morgan fingerprint density at radius 1 is 1.33 bits per heavy atom. The molecule has 3 rings (SSSR count). The number of hydrogen-bond acceptors (Lipinski definition) is 5. The predicted molar refractivity (Wildman–Crippen MR) is 70.3 cm³/mol. The lowest BCUT2D eigenvalue weighted by Crippen LogP contribution is -2.20. The number of rotatable bonds is 2. The van der Waals surface area contributed by atoms with Crippen LogP contribution < -0.4 is 10.6 Å². The minimum Gasteiger partial charge on any atom is -0.384 e. The normalized spacial score (nSPS) is 19.1. The van der Waals surface area contributed by atoms with Gasteiger partial charge in [-0.25, -0.2) is 9.97 Å². The van der Waals surface area contributed by atoms with Gasteiger partial charge in [0.1, 0.15) is 18.0 Å². The van der Waals surface area contributed by atoms with Crippen LogP contribution in [0.1, 0.15) is 17.9 Å². The van der Waals surface area contributed by atoms with Gasteiger partial charge in [-0.2, -0.15) is 0 Å². The summed E-state index contributed by atoms with van der Waals surface area (Å²) in [6.45, 7) is 1.96. The maximum absolute atomic E-state index is 5.68. The van der Waals surface area contributed by atoms with Crippen molar-refractivity contribution in [1.29, 1.82) is 0 Å². The van der Waals surface area contributed by atoms with E-state index in [1.807, 2.05) is 18.3 Å². The van der Waals surface area contributed by atoms with Gasteiger partial charge >= 0.3 is 0 Å². The summed E-state index contributed by atoms with van der Waals surface area (Å²) in [5.41, 5.74) is 6.98. The van der Waals surface area contributed by atoms with Gasteiger partial charge in [0.25, 0.3) is 0 Å². The Morgan fingerprint density at radius 3 is 3.06 bits per heavy atom. The highest BCUT2D eigenvalue weighted by Crippen LogP contribution is 2.29. The highest BCUT2D eigenvalue weighted by Gasteiger charge is 2.24. The molecular formula is C13H15N5. The van der Waals surface area contributed by atoms with Gasteiger partial charge in [-0.05, 0) is 18.1 Å². The summed E-state index contributed by atoms with van der Waals surface area (Å²) < 4.78 is 0. The van der Waals surface area contributed by atoms with Gasteiger partial charge in [0.05, 0.1) is 0 Å². The average molecular weight is 241 g/mol.